The summed E-state index contributed by atoms with van der Waals surface area (Å²) in [5, 5.41) is 12.3. The number of benzene rings is 2. The molecule has 0 aliphatic rings. The molecule has 0 saturated carbocycles. The molecule has 2 aromatic carbocycles. The summed E-state index contributed by atoms with van der Waals surface area (Å²) >= 11 is 3.43. The van der Waals surface area contributed by atoms with E-state index in [-0.39, 0.29) is 0 Å². The predicted molar refractivity (Wildman–Crippen MR) is 74.0 cm³/mol. The Morgan fingerprint density at radius 2 is 1.71 bits per heavy atom. The Morgan fingerprint density at radius 1 is 1.00 bits per heavy atom. The lowest BCUT2D eigenvalue weighted by atomic mass is 10.2. The highest BCUT2D eigenvalue weighted by atomic mass is 79.9. The molecule has 0 bridgehead atoms. The van der Waals surface area contributed by atoms with Crippen molar-refractivity contribution in [3.05, 3.63) is 52.5 Å². The second-order valence-corrected chi connectivity index (χ2v) is 4.66. The lowest BCUT2D eigenvalue weighted by molar-refractivity contribution is 0.389. The Kier molecular flexibility index (Phi) is 3.66. The first-order valence-electron chi connectivity index (χ1n) is 5.23. The van der Waals surface area contributed by atoms with Crippen molar-refractivity contribution in [2.24, 2.45) is 0 Å². The quantitative estimate of drug-likeness (QED) is 0.739. The highest BCUT2D eigenvalue weighted by Gasteiger charge is 2.03. The van der Waals surface area contributed by atoms with E-state index in [1.807, 2.05) is 43.3 Å². The van der Waals surface area contributed by atoms with E-state index in [0.29, 0.717) is 5.69 Å². The molecular weight excluding hydrogens is 280 g/mol. The fraction of sp³-hybridized carbons (Fsp3) is 0.0769. The summed E-state index contributed by atoms with van der Waals surface area (Å²) in [4.78, 5) is 0. The molecule has 2 rings (SSSR count). The normalized spacial score (nSPS) is 10.1. The molecule has 0 aromatic heterocycles. The van der Waals surface area contributed by atoms with E-state index in [1.54, 1.807) is 6.07 Å². The summed E-state index contributed by atoms with van der Waals surface area (Å²) < 4.78 is 1.05. The van der Waals surface area contributed by atoms with Crippen LogP contribution in [0.3, 0.4) is 0 Å². The third-order valence-corrected chi connectivity index (χ3v) is 3.00. The maximum absolute atomic E-state index is 9.01. The molecule has 2 aromatic rings. The summed E-state index contributed by atoms with van der Waals surface area (Å²) in [6, 6.07) is 13.5. The molecule has 0 unspecified atom stereocenters. The van der Waals surface area contributed by atoms with E-state index in [4.69, 9.17) is 5.21 Å². The van der Waals surface area contributed by atoms with E-state index in [1.165, 1.54) is 0 Å². The predicted octanol–water partition coefficient (Wildman–Crippen LogP) is 4.30. The number of hydrogen-bond donors (Lipinski definition) is 3. The number of halogens is 1. The molecule has 0 saturated heterocycles. The lowest BCUT2D eigenvalue weighted by Gasteiger charge is -2.13. The van der Waals surface area contributed by atoms with Crippen LogP contribution in [0.1, 0.15) is 5.56 Å². The zero-order valence-corrected chi connectivity index (χ0v) is 11.0. The first-order valence-corrected chi connectivity index (χ1v) is 6.02. The SMILES string of the molecule is Cc1cc(Br)ccc1Nc1ccccc1NO. The smallest absolute Gasteiger partial charge is 0.0836 e. The van der Waals surface area contributed by atoms with Gasteiger partial charge in [-0.05, 0) is 42.8 Å². The molecule has 0 aliphatic carbocycles. The van der Waals surface area contributed by atoms with Gasteiger partial charge in [0.15, 0.2) is 0 Å². The Bertz CT molecular complexity index is 529. The van der Waals surface area contributed by atoms with Crippen LogP contribution in [0.2, 0.25) is 0 Å². The highest BCUT2D eigenvalue weighted by molar-refractivity contribution is 9.10. The van der Waals surface area contributed by atoms with Gasteiger partial charge in [-0.3, -0.25) is 10.7 Å². The highest BCUT2D eigenvalue weighted by Crippen LogP contribution is 2.27. The van der Waals surface area contributed by atoms with Crippen molar-refractivity contribution in [3.63, 3.8) is 0 Å². The number of nitrogens with one attached hydrogen (secondary N) is 2. The number of anilines is 3. The fourth-order valence-corrected chi connectivity index (χ4v) is 2.08. The van der Waals surface area contributed by atoms with Crippen LogP contribution in [0, 0.1) is 6.92 Å². The van der Waals surface area contributed by atoms with E-state index in [9.17, 15) is 0 Å². The number of para-hydroxylation sites is 2. The average molecular weight is 293 g/mol. The van der Waals surface area contributed by atoms with E-state index < -0.39 is 0 Å². The Morgan fingerprint density at radius 3 is 2.35 bits per heavy atom. The maximum Gasteiger partial charge on any atom is 0.0836 e. The van der Waals surface area contributed by atoms with Crippen molar-refractivity contribution >= 4 is 33.0 Å². The van der Waals surface area contributed by atoms with E-state index in [0.717, 1.165) is 21.4 Å². The molecule has 0 spiro atoms. The largest absolute Gasteiger partial charge is 0.354 e. The molecule has 17 heavy (non-hydrogen) atoms. The van der Waals surface area contributed by atoms with Gasteiger partial charge in [0, 0.05) is 10.2 Å². The van der Waals surface area contributed by atoms with Crippen molar-refractivity contribution in [1.82, 2.24) is 0 Å². The Labute approximate surface area is 109 Å². The van der Waals surface area contributed by atoms with E-state index in [2.05, 4.69) is 26.7 Å². The first kappa shape index (κ1) is 12.0. The van der Waals surface area contributed by atoms with Gasteiger partial charge in [-0.2, -0.15) is 0 Å². The first-order chi connectivity index (χ1) is 8.20. The number of aryl methyl sites for hydroxylation is 1. The summed E-state index contributed by atoms with van der Waals surface area (Å²) in [6.45, 7) is 2.03. The minimum atomic E-state index is 0.648. The third kappa shape index (κ3) is 2.78. The molecule has 0 amide bonds. The third-order valence-electron chi connectivity index (χ3n) is 2.51. The zero-order valence-electron chi connectivity index (χ0n) is 9.37. The summed E-state index contributed by atoms with van der Waals surface area (Å²) in [7, 11) is 0. The minimum absolute atomic E-state index is 0.648. The lowest BCUT2D eigenvalue weighted by Crippen LogP contribution is -1.98. The molecule has 0 atom stereocenters. The number of hydrogen-bond acceptors (Lipinski definition) is 3. The van der Waals surface area contributed by atoms with Crippen molar-refractivity contribution in [2.75, 3.05) is 10.8 Å². The molecule has 88 valence electrons. The Balaban J connectivity index is 2.31. The van der Waals surface area contributed by atoms with Crippen molar-refractivity contribution in [2.45, 2.75) is 6.92 Å². The Hall–Kier alpha value is -1.52. The second kappa shape index (κ2) is 5.21. The second-order valence-electron chi connectivity index (χ2n) is 3.74. The van der Waals surface area contributed by atoms with Crippen LogP contribution in [0.4, 0.5) is 17.1 Å². The van der Waals surface area contributed by atoms with Crippen LogP contribution in [-0.4, -0.2) is 5.21 Å². The molecule has 0 fully saturated rings. The summed E-state index contributed by atoms with van der Waals surface area (Å²) in [5.41, 5.74) is 5.80. The van der Waals surface area contributed by atoms with Crippen LogP contribution in [-0.2, 0) is 0 Å². The van der Waals surface area contributed by atoms with Crippen LogP contribution in [0.15, 0.2) is 46.9 Å². The van der Waals surface area contributed by atoms with Crippen molar-refractivity contribution < 1.29 is 5.21 Å². The van der Waals surface area contributed by atoms with Crippen LogP contribution < -0.4 is 10.8 Å². The van der Waals surface area contributed by atoms with Crippen molar-refractivity contribution in [3.8, 4) is 0 Å². The van der Waals surface area contributed by atoms with Gasteiger partial charge in [0.2, 0.25) is 0 Å². The monoisotopic (exact) mass is 292 g/mol. The molecule has 3 N–H and O–H groups in total. The van der Waals surface area contributed by atoms with Crippen LogP contribution in [0.5, 0.6) is 0 Å². The van der Waals surface area contributed by atoms with Gasteiger partial charge in [-0.25, -0.2) is 0 Å². The van der Waals surface area contributed by atoms with Gasteiger partial charge in [-0.1, -0.05) is 28.1 Å². The fourth-order valence-electron chi connectivity index (χ4n) is 1.60. The molecule has 0 heterocycles. The van der Waals surface area contributed by atoms with Gasteiger partial charge < -0.3 is 5.32 Å². The van der Waals surface area contributed by atoms with Crippen molar-refractivity contribution in [1.29, 1.82) is 0 Å². The summed E-state index contributed by atoms with van der Waals surface area (Å²) in [6.07, 6.45) is 0. The summed E-state index contributed by atoms with van der Waals surface area (Å²) in [5.74, 6) is 0. The van der Waals surface area contributed by atoms with Gasteiger partial charge in [-0.15, -0.1) is 0 Å². The average Bonchev–Trinajstić information content (AvgIpc) is 2.33. The number of rotatable bonds is 3. The van der Waals surface area contributed by atoms with Gasteiger partial charge in [0.1, 0.15) is 0 Å². The van der Waals surface area contributed by atoms with Crippen LogP contribution in [0.25, 0.3) is 0 Å². The molecule has 0 aliphatic heterocycles. The molecule has 0 radical (unpaired) electrons. The minimum Gasteiger partial charge on any atom is -0.354 e. The van der Waals surface area contributed by atoms with Gasteiger partial charge >= 0.3 is 0 Å². The van der Waals surface area contributed by atoms with E-state index >= 15 is 0 Å². The van der Waals surface area contributed by atoms with Crippen LogP contribution >= 0.6 is 15.9 Å². The molecular formula is C13H13BrN2O. The van der Waals surface area contributed by atoms with Gasteiger partial charge in [0.25, 0.3) is 0 Å². The zero-order chi connectivity index (χ0) is 12.3. The molecule has 3 nitrogen and oxygen atoms in total. The maximum atomic E-state index is 9.01. The van der Waals surface area contributed by atoms with Gasteiger partial charge in [0.05, 0.1) is 11.4 Å². The topological polar surface area (TPSA) is 44.3 Å². The standard InChI is InChI=1S/C13H13BrN2O/c1-9-8-10(14)6-7-11(9)15-12-4-2-3-5-13(12)16-17/h2-8,15-17H,1H3. The molecule has 4 heteroatoms.